The van der Waals surface area contributed by atoms with Gasteiger partial charge in [0.15, 0.2) is 11.5 Å². The fourth-order valence-electron chi connectivity index (χ4n) is 4.12. The Balaban J connectivity index is 1.66. The average Bonchev–Trinajstić information content (AvgIpc) is 2.72. The third kappa shape index (κ3) is 3.36. The summed E-state index contributed by atoms with van der Waals surface area (Å²) >= 11 is 0. The molecule has 0 amide bonds. The highest BCUT2D eigenvalue weighted by Gasteiger charge is 2.24. The maximum absolute atomic E-state index is 12.6. The van der Waals surface area contributed by atoms with Gasteiger partial charge in [-0.15, -0.1) is 0 Å². The Kier molecular flexibility index (Phi) is 5.05. The molecule has 1 atom stereocenters. The Morgan fingerprint density at radius 3 is 2.71 bits per heavy atom. The molecular weight excluding hydrogens is 354 g/mol. The van der Waals surface area contributed by atoms with Crippen LogP contribution in [0.1, 0.15) is 35.8 Å². The molecule has 146 valence electrons. The monoisotopic (exact) mass is 379 g/mol. The molecule has 3 aromatic rings. The highest BCUT2D eigenvalue weighted by molar-refractivity contribution is 5.81. The topological polar surface area (TPSA) is 67.5 Å². The number of aryl methyl sites for hydroxylation is 1. The summed E-state index contributed by atoms with van der Waals surface area (Å²) in [6.07, 6.45) is 3.41. The molecule has 0 spiro atoms. The van der Waals surface area contributed by atoms with E-state index in [0.29, 0.717) is 40.8 Å². The molecule has 0 saturated carbocycles. The molecule has 2 aromatic carbocycles. The average molecular weight is 379 g/mol. The zero-order chi connectivity index (χ0) is 19.7. The molecule has 1 N–H and O–H groups in total. The molecule has 1 aliphatic carbocycles. The van der Waals surface area contributed by atoms with E-state index in [4.69, 9.17) is 9.47 Å². The van der Waals surface area contributed by atoms with E-state index in [1.165, 1.54) is 17.5 Å². The predicted octanol–water partition coefficient (Wildman–Crippen LogP) is 3.45. The van der Waals surface area contributed by atoms with Crippen molar-refractivity contribution in [2.75, 3.05) is 21.3 Å². The minimum Gasteiger partial charge on any atom is -0.493 e. The molecule has 4 rings (SSSR count). The number of fused-ring (bicyclic) bond motifs is 2. The number of aromatic amines is 1. The third-order valence-corrected chi connectivity index (χ3v) is 5.53. The largest absolute Gasteiger partial charge is 0.493 e. The highest BCUT2D eigenvalue weighted by atomic mass is 16.5. The van der Waals surface area contributed by atoms with Gasteiger partial charge in [-0.25, -0.2) is 4.98 Å². The van der Waals surface area contributed by atoms with E-state index in [9.17, 15) is 4.79 Å². The van der Waals surface area contributed by atoms with Crippen molar-refractivity contribution in [1.29, 1.82) is 0 Å². The van der Waals surface area contributed by atoms with Gasteiger partial charge in [0, 0.05) is 12.1 Å². The zero-order valence-electron chi connectivity index (χ0n) is 16.5. The van der Waals surface area contributed by atoms with Crippen LogP contribution < -0.4 is 15.0 Å². The van der Waals surface area contributed by atoms with Crippen LogP contribution in [0.3, 0.4) is 0 Å². The van der Waals surface area contributed by atoms with Gasteiger partial charge in [0.1, 0.15) is 5.82 Å². The number of nitrogens with one attached hydrogen (secondary N) is 1. The van der Waals surface area contributed by atoms with Crippen LogP contribution in [0.2, 0.25) is 0 Å². The van der Waals surface area contributed by atoms with Crippen LogP contribution in [0.4, 0.5) is 0 Å². The first-order chi connectivity index (χ1) is 13.6. The summed E-state index contributed by atoms with van der Waals surface area (Å²) in [7, 11) is 5.22. The third-order valence-electron chi connectivity index (χ3n) is 5.53. The first kappa shape index (κ1) is 18.5. The smallest absolute Gasteiger partial charge is 0.258 e. The van der Waals surface area contributed by atoms with Gasteiger partial charge in [-0.05, 0) is 43.5 Å². The van der Waals surface area contributed by atoms with Crippen LogP contribution in [-0.4, -0.2) is 36.1 Å². The molecule has 1 heterocycles. The number of benzene rings is 2. The van der Waals surface area contributed by atoms with Gasteiger partial charge in [-0.3, -0.25) is 9.69 Å². The van der Waals surface area contributed by atoms with Gasteiger partial charge in [-0.1, -0.05) is 24.3 Å². The second-order valence-corrected chi connectivity index (χ2v) is 7.26. The normalized spacial score (nSPS) is 16.2. The lowest BCUT2D eigenvalue weighted by molar-refractivity contribution is 0.208. The number of H-pyrrole nitrogens is 1. The fraction of sp³-hybridized carbons (Fsp3) is 0.364. The van der Waals surface area contributed by atoms with Crippen LogP contribution in [0.25, 0.3) is 10.9 Å². The maximum Gasteiger partial charge on any atom is 0.258 e. The number of hydrogen-bond donors (Lipinski definition) is 1. The second-order valence-electron chi connectivity index (χ2n) is 7.26. The van der Waals surface area contributed by atoms with Gasteiger partial charge in [0.2, 0.25) is 0 Å². The van der Waals surface area contributed by atoms with Gasteiger partial charge >= 0.3 is 0 Å². The maximum atomic E-state index is 12.6. The van der Waals surface area contributed by atoms with Gasteiger partial charge in [0.05, 0.1) is 31.7 Å². The van der Waals surface area contributed by atoms with Crippen molar-refractivity contribution in [1.82, 2.24) is 14.9 Å². The number of rotatable bonds is 5. The van der Waals surface area contributed by atoms with Gasteiger partial charge in [0.25, 0.3) is 5.56 Å². The van der Waals surface area contributed by atoms with E-state index in [1.54, 1.807) is 26.4 Å². The number of nitrogens with zero attached hydrogens (tertiary/aromatic N) is 2. The first-order valence-corrected chi connectivity index (χ1v) is 9.53. The van der Waals surface area contributed by atoms with Crippen LogP contribution in [0.15, 0.2) is 41.2 Å². The summed E-state index contributed by atoms with van der Waals surface area (Å²) in [4.78, 5) is 22.5. The molecule has 0 saturated heterocycles. The van der Waals surface area contributed by atoms with E-state index in [-0.39, 0.29) is 5.56 Å². The van der Waals surface area contributed by atoms with E-state index in [2.05, 4.69) is 46.2 Å². The lowest BCUT2D eigenvalue weighted by Gasteiger charge is -2.33. The zero-order valence-corrected chi connectivity index (χ0v) is 16.5. The van der Waals surface area contributed by atoms with Crippen molar-refractivity contribution in [3.63, 3.8) is 0 Å². The first-order valence-electron chi connectivity index (χ1n) is 9.53. The molecular formula is C22H25N3O3. The molecule has 1 aromatic heterocycles. The van der Waals surface area contributed by atoms with E-state index < -0.39 is 0 Å². The minimum absolute atomic E-state index is 0.168. The van der Waals surface area contributed by atoms with E-state index >= 15 is 0 Å². The Morgan fingerprint density at radius 2 is 1.93 bits per heavy atom. The Morgan fingerprint density at radius 1 is 1.18 bits per heavy atom. The number of aromatic nitrogens is 2. The minimum atomic E-state index is -0.168. The van der Waals surface area contributed by atoms with Crippen molar-refractivity contribution >= 4 is 10.9 Å². The molecule has 6 nitrogen and oxygen atoms in total. The molecule has 1 aliphatic rings. The van der Waals surface area contributed by atoms with Crippen LogP contribution in [-0.2, 0) is 13.0 Å². The summed E-state index contributed by atoms with van der Waals surface area (Å²) in [5.74, 6) is 1.73. The van der Waals surface area contributed by atoms with Gasteiger partial charge in [-0.2, -0.15) is 0 Å². The standard InChI is InChI=1S/C22H25N3O3/c1-25(18-10-6-8-14-7-4-5-9-15(14)18)13-21-23-17-12-20(28-3)19(27-2)11-16(17)22(26)24-21/h4-5,7,9,11-12,18H,6,8,10,13H2,1-3H3,(H,23,24,26)/t18-/m1/s1. The number of methoxy groups -OCH3 is 2. The number of ether oxygens (including phenoxy) is 2. The summed E-state index contributed by atoms with van der Waals surface area (Å²) < 4.78 is 10.6. The molecule has 0 fully saturated rings. The lowest BCUT2D eigenvalue weighted by atomic mass is 9.87. The molecule has 0 unspecified atom stereocenters. The fourth-order valence-corrected chi connectivity index (χ4v) is 4.12. The Bertz CT molecular complexity index is 1060. The van der Waals surface area contributed by atoms with Crippen LogP contribution in [0.5, 0.6) is 11.5 Å². The van der Waals surface area contributed by atoms with Crippen molar-refractivity contribution in [2.24, 2.45) is 0 Å². The van der Waals surface area contributed by atoms with Crippen LogP contribution in [0, 0.1) is 0 Å². The summed E-state index contributed by atoms with van der Waals surface area (Å²) in [5, 5.41) is 0.493. The van der Waals surface area contributed by atoms with Crippen molar-refractivity contribution < 1.29 is 9.47 Å². The quantitative estimate of drug-likeness (QED) is 0.735. The summed E-state index contributed by atoms with van der Waals surface area (Å²) in [6.45, 7) is 0.568. The summed E-state index contributed by atoms with van der Waals surface area (Å²) in [5.41, 5.74) is 3.24. The van der Waals surface area contributed by atoms with Crippen molar-refractivity contribution in [3.05, 3.63) is 63.7 Å². The summed E-state index contributed by atoms with van der Waals surface area (Å²) in [6, 6.07) is 12.4. The van der Waals surface area contributed by atoms with Crippen molar-refractivity contribution in [3.8, 4) is 11.5 Å². The SMILES string of the molecule is COc1cc2nc(CN(C)[C@@H]3CCCc4ccccc43)[nH]c(=O)c2cc1OC. The molecule has 0 radical (unpaired) electrons. The Hall–Kier alpha value is -2.86. The Labute approximate surface area is 164 Å². The van der Waals surface area contributed by atoms with Crippen molar-refractivity contribution in [2.45, 2.75) is 31.8 Å². The molecule has 0 aliphatic heterocycles. The van der Waals surface area contributed by atoms with Crippen LogP contribution >= 0.6 is 0 Å². The highest BCUT2D eigenvalue weighted by Crippen LogP contribution is 2.34. The number of hydrogen-bond acceptors (Lipinski definition) is 5. The lowest BCUT2D eigenvalue weighted by Crippen LogP contribution is -2.29. The van der Waals surface area contributed by atoms with Gasteiger partial charge < -0.3 is 14.5 Å². The second kappa shape index (κ2) is 7.64. The molecule has 6 heteroatoms. The molecule has 0 bridgehead atoms. The predicted molar refractivity (Wildman–Crippen MR) is 109 cm³/mol. The molecule has 28 heavy (non-hydrogen) atoms. The van der Waals surface area contributed by atoms with E-state index in [0.717, 1.165) is 12.8 Å². The van der Waals surface area contributed by atoms with E-state index in [1.807, 2.05) is 0 Å².